The first-order valence-corrected chi connectivity index (χ1v) is 9.35. The minimum atomic E-state index is -0.331. The van der Waals surface area contributed by atoms with E-state index in [-0.39, 0.29) is 5.91 Å². The van der Waals surface area contributed by atoms with Crippen LogP contribution < -0.4 is 5.32 Å². The molecule has 0 spiro atoms. The average Bonchev–Trinajstić information content (AvgIpc) is 3.18. The molecule has 138 valence electrons. The maximum absolute atomic E-state index is 13.0. The zero-order valence-corrected chi connectivity index (χ0v) is 16.2. The van der Waals surface area contributed by atoms with Crippen LogP contribution in [0.15, 0.2) is 84.9 Å². The number of carbonyl (C=O) groups is 1. The standard InChI is InChI=1S/C22H15Cl2N3O/c23-16-11-12-18(24)20(13-16)25-22(28)21-14-19(15-7-3-1-4-8-15)26-27(21)17-9-5-2-6-10-17/h1-14H,(H,25,28). The number of amides is 1. The van der Waals surface area contributed by atoms with Crippen LogP contribution in [-0.2, 0) is 0 Å². The maximum atomic E-state index is 13.0. The highest BCUT2D eigenvalue weighted by Crippen LogP contribution is 2.27. The molecule has 4 aromatic rings. The Kier molecular flexibility index (Phi) is 5.15. The summed E-state index contributed by atoms with van der Waals surface area (Å²) in [4.78, 5) is 13.0. The Labute approximate surface area is 172 Å². The smallest absolute Gasteiger partial charge is 0.274 e. The minimum absolute atomic E-state index is 0.331. The van der Waals surface area contributed by atoms with Crippen LogP contribution in [0.4, 0.5) is 5.69 Å². The molecule has 3 aromatic carbocycles. The zero-order chi connectivity index (χ0) is 19.5. The maximum Gasteiger partial charge on any atom is 0.274 e. The van der Waals surface area contributed by atoms with Gasteiger partial charge in [0.15, 0.2) is 0 Å². The van der Waals surface area contributed by atoms with Crippen LogP contribution in [0.5, 0.6) is 0 Å². The molecule has 1 N–H and O–H groups in total. The summed E-state index contributed by atoms with van der Waals surface area (Å²) in [5.41, 5.74) is 3.24. The van der Waals surface area contributed by atoms with Crippen molar-refractivity contribution in [3.05, 3.63) is 101 Å². The summed E-state index contributed by atoms with van der Waals surface area (Å²) in [6.45, 7) is 0. The Balaban J connectivity index is 1.77. The second-order valence-electron chi connectivity index (χ2n) is 6.11. The highest BCUT2D eigenvalue weighted by atomic mass is 35.5. The van der Waals surface area contributed by atoms with Crippen molar-refractivity contribution in [3.63, 3.8) is 0 Å². The molecule has 0 aliphatic carbocycles. The van der Waals surface area contributed by atoms with E-state index in [2.05, 4.69) is 10.4 Å². The highest BCUT2D eigenvalue weighted by molar-refractivity contribution is 6.35. The van der Waals surface area contributed by atoms with E-state index in [0.717, 1.165) is 11.3 Å². The fourth-order valence-electron chi connectivity index (χ4n) is 2.84. The number of hydrogen-bond acceptors (Lipinski definition) is 2. The first-order chi connectivity index (χ1) is 13.6. The molecule has 0 radical (unpaired) electrons. The second-order valence-corrected chi connectivity index (χ2v) is 6.95. The summed E-state index contributed by atoms with van der Waals surface area (Å²) in [5.74, 6) is -0.331. The van der Waals surface area contributed by atoms with Crippen LogP contribution >= 0.6 is 23.2 Å². The fraction of sp³-hybridized carbons (Fsp3) is 0. The average molecular weight is 408 g/mol. The lowest BCUT2D eigenvalue weighted by molar-refractivity contribution is 0.101. The van der Waals surface area contributed by atoms with Crippen molar-refractivity contribution in [2.45, 2.75) is 0 Å². The van der Waals surface area contributed by atoms with Crippen molar-refractivity contribution in [1.82, 2.24) is 9.78 Å². The van der Waals surface area contributed by atoms with Gasteiger partial charge in [-0.15, -0.1) is 0 Å². The van der Waals surface area contributed by atoms with Gasteiger partial charge in [-0.05, 0) is 36.4 Å². The van der Waals surface area contributed by atoms with Gasteiger partial charge in [0.2, 0.25) is 0 Å². The van der Waals surface area contributed by atoms with Crippen LogP contribution in [0.3, 0.4) is 0 Å². The largest absolute Gasteiger partial charge is 0.319 e. The molecule has 4 rings (SSSR count). The van der Waals surface area contributed by atoms with E-state index in [4.69, 9.17) is 23.2 Å². The van der Waals surface area contributed by atoms with Gasteiger partial charge in [0.05, 0.1) is 22.1 Å². The van der Waals surface area contributed by atoms with Crippen molar-refractivity contribution < 1.29 is 4.79 Å². The van der Waals surface area contributed by atoms with Gasteiger partial charge in [-0.2, -0.15) is 5.10 Å². The number of benzene rings is 3. The predicted octanol–water partition coefficient (Wildman–Crippen LogP) is 6.10. The molecule has 6 heteroatoms. The number of nitrogens with zero attached hydrogens (tertiary/aromatic N) is 2. The van der Waals surface area contributed by atoms with Crippen LogP contribution in [0.25, 0.3) is 16.9 Å². The summed E-state index contributed by atoms with van der Waals surface area (Å²) in [7, 11) is 0. The summed E-state index contributed by atoms with van der Waals surface area (Å²) >= 11 is 12.2. The van der Waals surface area contributed by atoms with Crippen molar-refractivity contribution in [3.8, 4) is 16.9 Å². The summed E-state index contributed by atoms with van der Waals surface area (Å²) in [6, 6.07) is 25.9. The molecule has 1 heterocycles. The molecule has 0 saturated heterocycles. The Bertz CT molecular complexity index is 1130. The third-order valence-corrected chi connectivity index (χ3v) is 4.75. The van der Waals surface area contributed by atoms with Gasteiger partial charge in [-0.25, -0.2) is 4.68 Å². The number of anilines is 1. The predicted molar refractivity (Wildman–Crippen MR) is 113 cm³/mol. The molecular formula is C22H15Cl2N3O. The molecule has 0 aliphatic heterocycles. The van der Waals surface area contributed by atoms with E-state index >= 15 is 0 Å². The fourth-order valence-corrected chi connectivity index (χ4v) is 3.18. The van der Waals surface area contributed by atoms with Crippen molar-refractivity contribution >= 4 is 34.8 Å². The Morgan fingerprint density at radius 3 is 2.25 bits per heavy atom. The van der Waals surface area contributed by atoms with Gasteiger partial charge < -0.3 is 5.32 Å². The lowest BCUT2D eigenvalue weighted by Crippen LogP contribution is -2.17. The third kappa shape index (κ3) is 3.79. The van der Waals surface area contributed by atoms with E-state index in [1.165, 1.54) is 0 Å². The molecule has 1 aromatic heterocycles. The number of rotatable bonds is 4. The van der Waals surface area contributed by atoms with E-state index in [0.29, 0.717) is 27.1 Å². The molecule has 4 nitrogen and oxygen atoms in total. The van der Waals surface area contributed by atoms with Gasteiger partial charge in [0.25, 0.3) is 5.91 Å². The number of halogens is 2. The molecule has 0 unspecified atom stereocenters. The van der Waals surface area contributed by atoms with E-state index in [1.54, 1.807) is 28.9 Å². The van der Waals surface area contributed by atoms with Gasteiger partial charge in [0.1, 0.15) is 5.69 Å². The monoisotopic (exact) mass is 407 g/mol. The second kappa shape index (κ2) is 7.89. The summed E-state index contributed by atoms with van der Waals surface area (Å²) in [6.07, 6.45) is 0. The Morgan fingerprint density at radius 1 is 0.857 bits per heavy atom. The van der Waals surface area contributed by atoms with Crippen LogP contribution in [0, 0.1) is 0 Å². The quantitative estimate of drug-likeness (QED) is 0.444. The lowest BCUT2D eigenvalue weighted by atomic mass is 10.1. The molecular weight excluding hydrogens is 393 g/mol. The minimum Gasteiger partial charge on any atom is -0.319 e. The first-order valence-electron chi connectivity index (χ1n) is 8.59. The van der Waals surface area contributed by atoms with E-state index in [1.807, 2.05) is 60.7 Å². The number of aromatic nitrogens is 2. The molecule has 0 saturated carbocycles. The lowest BCUT2D eigenvalue weighted by Gasteiger charge is -2.09. The van der Waals surface area contributed by atoms with E-state index in [9.17, 15) is 4.79 Å². The van der Waals surface area contributed by atoms with Crippen LogP contribution in [-0.4, -0.2) is 15.7 Å². The highest BCUT2D eigenvalue weighted by Gasteiger charge is 2.18. The zero-order valence-electron chi connectivity index (χ0n) is 14.6. The van der Waals surface area contributed by atoms with Gasteiger partial charge >= 0.3 is 0 Å². The van der Waals surface area contributed by atoms with Gasteiger partial charge in [-0.1, -0.05) is 71.7 Å². The molecule has 1 amide bonds. The summed E-state index contributed by atoms with van der Waals surface area (Å²) < 4.78 is 1.62. The molecule has 0 bridgehead atoms. The number of nitrogens with one attached hydrogen (secondary N) is 1. The van der Waals surface area contributed by atoms with Crippen molar-refractivity contribution in [2.75, 3.05) is 5.32 Å². The molecule has 0 atom stereocenters. The molecule has 28 heavy (non-hydrogen) atoms. The van der Waals surface area contributed by atoms with Gasteiger partial charge in [0, 0.05) is 10.6 Å². The van der Waals surface area contributed by atoms with Crippen LogP contribution in [0.2, 0.25) is 10.0 Å². The Hall–Kier alpha value is -3.08. The van der Waals surface area contributed by atoms with Crippen LogP contribution in [0.1, 0.15) is 10.5 Å². The number of hydrogen-bond donors (Lipinski definition) is 1. The normalized spacial score (nSPS) is 10.6. The third-order valence-electron chi connectivity index (χ3n) is 4.19. The summed E-state index contributed by atoms with van der Waals surface area (Å²) in [5, 5.41) is 8.37. The molecule has 0 aliphatic rings. The van der Waals surface area contributed by atoms with Gasteiger partial charge in [-0.3, -0.25) is 4.79 Å². The SMILES string of the molecule is O=C(Nc1cc(Cl)ccc1Cl)c1cc(-c2ccccc2)nn1-c1ccccc1. The van der Waals surface area contributed by atoms with E-state index < -0.39 is 0 Å². The molecule has 0 fully saturated rings. The van der Waals surface area contributed by atoms with Crippen molar-refractivity contribution in [1.29, 1.82) is 0 Å². The first kappa shape index (κ1) is 18.3. The topological polar surface area (TPSA) is 46.9 Å². The Morgan fingerprint density at radius 2 is 1.54 bits per heavy atom. The number of carbonyl (C=O) groups excluding carboxylic acids is 1. The van der Waals surface area contributed by atoms with Crippen molar-refractivity contribution in [2.24, 2.45) is 0 Å². The number of para-hydroxylation sites is 1.